The average molecular weight is 277 g/mol. The molecule has 3 aromatic carbocycles. The van der Waals surface area contributed by atoms with Crippen molar-refractivity contribution >= 4 is 11.4 Å². The molecule has 0 spiro atoms. The molecule has 3 aromatic rings. The Labute approximate surface area is 122 Å². The summed E-state index contributed by atoms with van der Waals surface area (Å²) in [6.45, 7) is 2.60. The third-order valence-corrected chi connectivity index (χ3v) is 3.60. The van der Waals surface area contributed by atoms with Crippen LogP contribution in [-0.4, -0.2) is 6.54 Å². The summed E-state index contributed by atoms with van der Waals surface area (Å²) in [7, 11) is 0. The second-order valence-electron chi connectivity index (χ2n) is 4.83. The van der Waals surface area contributed by atoms with Crippen LogP contribution in [0, 0.1) is 0 Å². The van der Waals surface area contributed by atoms with Gasteiger partial charge in [-0.2, -0.15) is 0 Å². The fourth-order valence-corrected chi connectivity index (χ4v) is 2.59. The number of hydrogen-bond acceptors (Lipinski definition) is 3. The fourth-order valence-electron chi connectivity index (χ4n) is 2.59. The third kappa shape index (κ3) is 2.17. The lowest BCUT2D eigenvalue weighted by Gasteiger charge is -2.26. The van der Waals surface area contributed by atoms with Crippen LogP contribution in [0.15, 0.2) is 70.3 Å². The Morgan fingerprint density at radius 2 is 1.38 bits per heavy atom. The highest BCUT2D eigenvalue weighted by Gasteiger charge is 2.26. The van der Waals surface area contributed by atoms with Gasteiger partial charge in [-0.3, -0.25) is 9.59 Å². The summed E-state index contributed by atoms with van der Waals surface area (Å²) in [5, 5.41) is 0. The largest absolute Gasteiger partial charge is 0.338 e. The Bertz CT molecular complexity index is 815. The van der Waals surface area contributed by atoms with Crippen LogP contribution < -0.4 is 15.8 Å². The molecular weight excluding hydrogens is 262 g/mol. The van der Waals surface area contributed by atoms with E-state index in [4.69, 9.17) is 0 Å². The molecule has 0 bridgehead atoms. The molecule has 0 amide bonds. The van der Waals surface area contributed by atoms with Crippen molar-refractivity contribution < 1.29 is 0 Å². The third-order valence-electron chi connectivity index (χ3n) is 3.60. The molecule has 0 unspecified atom stereocenters. The Morgan fingerprint density at radius 3 is 1.95 bits per heavy atom. The van der Waals surface area contributed by atoms with Gasteiger partial charge < -0.3 is 4.90 Å². The fraction of sp³-hybridized carbons (Fsp3) is 0.111. The van der Waals surface area contributed by atoms with Crippen molar-refractivity contribution in [2.75, 3.05) is 11.4 Å². The van der Waals surface area contributed by atoms with Gasteiger partial charge in [0, 0.05) is 12.2 Å². The summed E-state index contributed by atoms with van der Waals surface area (Å²) in [6, 6.07) is 19.0. The monoisotopic (exact) mass is 277 g/mol. The number of nitrogens with zero attached hydrogens (tertiary/aromatic N) is 1. The van der Waals surface area contributed by atoms with Gasteiger partial charge in [-0.15, -0.1) is 0 Å². The van der Waals surface area contributed by atoms with E-state index in [0.717, 1.165) is 11.3 Å². The molecule has 0 fully saturated rings. The lowest BCUT2D eigenvalue weighted by molar-refractivity contribution is 1.01. The molecular formula is C18H15NO2. The van der Waals surface area contributed by atoms with Crippen LogP contribution >= 0.6 is 0 Å². The zero-order valence-electron chi connectivity index (χ0n) is 11.7. The molecule has 0 heterocycles. The Kier molecular flexibility index (Phi) is 3.40. The summed E-state index contributed by atoms with van der Waals surface area (Å²) in [5.41, 5.74) is 1.94. The van der Waals surface area contributed by atoms with Crippen LogP contribution in [0.25, 0.3) is 11.1 Å². The molecule has 21 heavy (non-hydrogen) atoms. The molecule has 0 aliphatic heterocycles. The van der Waals surface area contributed by atoms with Gasteiger partial charge in [-0.1, -0.05) is 48.5 Å². The van der Waals surface area contributed by atoms with Gasteiger partial charge in [0.15, 0.2) is 0 Å². The number of para-hydroxylation sites is 1. The SMILES string of the molecule is CCN(c1ccccc1)c1c(-c2ccccc2)c(=O)c1=O. The Morgan fingerprint density at radius 1 is 0.810 bits per heavy atom. The first kappa shape index (κ1) is 13.3. The lowest BCUT2D eigenvalue weighted by atomic mass is 9.97. The van der Waals surface area contributed by atoms with Crippen LogP contribution in [0.5, 0.6) is 0 Å². The first-order chi connectivity index (χ1) is 10.2. The van der Waals surface area contributed by atoms with Crippen molar-refractivity contribution in [2.45, 2.75) is 6.92 Å². The number of benzene rings is 2. The van der Waals surface area contributed by atoms with E-state index in [2.05, 4.69) is 0 Å². The summed E-state index contributed by atoms with van der Waals surface area (Å²) in [4.78, 5) is 26.0. The summed E-state index contributed by atoms with van der Waals surface area (Å²) in [6.07, 6.45) is 0. The van der Waals surface area contributed by atoms with E-state index < -0.39 is 10.9 Å². The summed E-state index contributed by atoms with van der Waals surface area (Å²) < 4.78 is 0. The topological polar surface area (TPSA) is 37.4 Å². The quantitative estimate of drug-likeness (QED) is 0.688. The van der Waals surface area contributed by atoms with Crippen LogP contribution in [0.2, 0.25) is 0 Å². The number of rotatable bonds is 4. The van der Waals surface area contributed by atoms with Crippen molar-refractivity contribution in [2.24, 2.45) is 0 Å². The molecule has 0 radical (unpaired) electrons. The van der Waals surface area contributed by atoms with Gasteiger partial charge >= 0.3 is 0 Å². The molecule has 3 nitrogen and oxygen atoms in total. The van der Waals surface area contributed by atoms with E-state index in [9.17, 15) is 9.59 Å². The van der Waals surface area contributed by atoms with Crippen LogP contribution in [0.3, 0.4) is 0 Å². The predicted molar refractivity (Wildman–Crippen MR) is 85.9 cm³/mol. The van der Waals surface area contributed by atoms with E-state index in [1.165, 1.54) is 0 Å². The molecule has 0 aliphatic rings. The zero-order chi connectivity index (χ0) is 14.8. The Balaban J connectivity index is 2.14. The maximum Gasteiger partial charge on any atom is 0.250 e. The van der Waals surface area contributed by atoms with Gasteiger partial charge in [-0.25, -0.2) is 0 Å². The molecule has 0 aliphatic carbocycles. The number of anilines is 2. The number of hydrogen-bond donors (Lipinski definition) is 0. The molecule has 0 N–H and O–H groups in total. The van der Waals surface area contributed by atoms with E-state index in [0.29, 0.717) is 17.8 Å². The van der Waals surface area contributed by atoms with Crippen LogP contribution in [0.1, 0.15) is 6.92 Å². The van der Waals surface area contributed by atoms with Crippen molar-refractivity contribution in [3.05, 3.63) is 81.1 Å². The highest BCUT2D eigenvalue weighted by molar-refractivity contribution is 5.85. The molecule has 0 atom stereocenters. The first-order valence-electron chi connectivity index (χ1n) is 6.95. The lowest BCUT2D eigenvalue weighted by Crippen LogP contribution is -2.40. The maximum absolute atomic E-state index is 12.1. The van der Waals surface area contributed by atoms with Crippen LogP contribution in [0.4, 0.5) is 11.4 Å². The standard InChI is InChI=1S/C18H15NO2/c1-2-19(14-11-7-4-8-12-14)16-15(17(20)18(16)21)13-9-5-3-6-10-13/h3-12H,2H2,1H3. The van der Waals surface area contributed by atoms with E-state index >= 15 is 0 Å². The molecule has 0 saturated heterocycles. The van der Waals surface area contributed by atoms with Crippen molar-refractivity contribution in [1.29, 1.82) is 0 Å². The average Bonchev–Trinajstić information content (AvgIpc) is 2.56. The summed E-state index contributed by atoms with van der Waals surface area (Å²) in [5.74, 6) is 0. The maximum atomic E-state index is 12.1. The molecule has 0 aromatic heterocycles. The first-order valence-corrected chi connectivity index (χ1v) is 6.95. The zero-order valence-corrected chi connectivity index (χ0v) is 11.7. The van der Waals surface area contributed by atoms with Gasteiger partial charge in [0.1, 0.15) is 5.69 Å². The minimum atomic E-state index is -0.403. The minimum Gasteiger partial charge on any atom is -0.338 e. The molecule has 3 heteroatoms. The Hall–Kier alpha value is -2.68. The second-order valence-corrected chi connectivity index (χ2v) is 4.83. The van der Waals surface area contributed by atoms with Crippen LogP contribution in [-0.2, 0) is 0 Å². The van der Waals surface area contributed by atoms with Gasteiger partial charge in [-0.05, 0) is 24.6 Å². The van der Waals surface area contributed by atoms with Crippen molar-refractivity contribution in [3.63, 3.8) is 0 Å². The highest BCUT2D eigenvalue weighted by atomic mass is 16.2. The van der Waals surface area contributed by atoms with Crippen molar-refractivity contribution in [1.82, 2.24) is 0 Å². The van der Waals surface area contributed by atoms with Gasteiger partial charge in [0.25, 0.3) is 5.43 Å². The second kappa shape index (κ2) is 5.37. The van der Waals surface area contributed by atoms with E-state index in [1.54, 1.807) is 0 Å². The minimum absolute atomic E-state index is 0.398. The smallest absolute Gasteiger partial charge is 0.250 e. The molecule has 0 saturated carbocycles. The molecule has 104 valence electrons. The van der Waals surface area contributed by atoms with E-state index in [1.807, 2.05) is 72.5 Å². The molecule has 3 rings (SSSR count). The summed E-state index contributed by atoms with van der Waals surface area (Å²) >= 11 is 0. The normalized spacial score (nSPS) is 10.7. The van der Waals surface area contributed by atoms with E-state index in [-0.39, 0.29) is 0 Å². The predicted octanol–water partition coefficient (Wildman–Crippen LogP) is 3.11. The van der Waals surface area contributed by atoms with Gasteiger partial charge in [0.05, 0.1) is 5.56 Å². The highest BCUT2D eigenvalue weighted by Crippen LogP contribution is 2.31. The van der Waals surface area contributed by atoms with Crippen molar-refractivity contribution in [3.8, 4) is 11.1 Å². The van der Waals surface area contributed by atoms with Gasteiger partial charge in [0.2, 0.25) is 5.43 Å².